The topological polar surface area (TPSA) is 64.1 Å². The van der Waals surface area contributed by atoms with Gasteiger partial charge in [-0.2, -0.15) is 0 Å². The molecule has 1 heterocycles. The van der Waals surface area contributed by atoms with E-state index in [1.165, 1.54) is 24.5 Å². The summed E-state index contributed by atoms with van der Waals surface area (Å²) < 4.78 is 18.6. The molecule has 6 heteroatoms. The first-order valence-electron chi connectivity index (χ1n) is 8.18. The van der Waals surface area contributed by atoms with Gasteiger partial charge in [-0.25, -0.2) is 14.4 Å². The maximum Gasteiger partial charge on any atom is 0.261 e. The van der Waals surface area contributed by atoms with Crippen LogP contribution < -0.4 is 10.1 Å². The van der Waals surface area contributed by atoms with Gasteiger partial charge >= 0.3 is 0 Å². The van der Waals surface area contributed by atoms with Gasteiger partial charge in [-0.15, -0.1) is 0 Å². The standard InChI is InChI=1S/C20H18FN3O2/c1-14(26-18-9-5-8-16(21)10-18)20(25)22-12-17-11-19(24-13-23-17)15-6-3-2-4-7-15/h2-11,13-14H,12H2,1H3,(H,22,25). The first kappa shape index (κ1) is 17.5. The van der Waals surface area contributed by atoms with E-state index in [2.05, 4.69) is 15.3 Å². The number of ether oxygens (including phenoxy) is 1. The second-order valence-corrected chi connectivity index (χ2v) is 5.70. The summed E-state index contributed by atoms with van der Waals surface area (Å²) in [6.07, 6.45) is 0.712. The number of rotatable bonds is 6. The van der Waals surface area contributed by atoms with E-state index in [0.717, 1.165) is 11.3 Å². The Balaban J connectivity index is 1.59. The van der Waals surface area contributed by atoms with E-state index < -0.39 is 11.9 Å². The maximum atomic E-state index is 13.2. The predicted molar refractivity (Wildman–Crippen MR) is 95.8 cm³/mol. The van der Waals surface area contributed by atoms with Crippen LogP contribution in [0.25, 0.3) is 11.3 Å². The predicted octanol–water partition coefficient (Wildman–Crippen LogP) is 3.37. The molecule has 0 radical (unpaired) electrons. The number of amides is 1. The Morgan fingerprint density at radius 3 is 2.69 bits per heavy atom. The molecule has 0 saturated heterocycles. The smallest absolute Gasteiger partial charge is 0.261 e. The van der Waals surface area contributed by atoms with Crippen LogP contribution in [0.5, 0.6) is 5.75 Å². The molecule has 1 atom stereocenters. The van der Waals surface area contributed by atoms with Gasteiger partial charge in [0.25, 0.3) is 5.91 Å². The van der Waals surface area contributed by atoms with Gasteiger partial charge in [-0.1, -0.05) is 36.4 Å². The lowest BCUT2D eigenvalue weighted by Crippen LogP contribution is -2.36. The van der Waals surface area contributed by atoms with Crippen LogP contribution in [0.15, 0.2) is 67.0 Å². The lowest BCUT2D eigenvalue weighted by Gasteiger charge is -2.14. The van der Waals surface area contributed by atoms with Crippen molar-refractivity contribution < 1.29 is 13.9 Å². The summed E-state index contributed by atoms with van der Waals surface area (Å²) in [5.74, 6) is -0.417. The van der Waals surface area contributed by atoms with Crippen molar-refractivity contribution in [2.24, 2.45) is 0 Å². The minimum absolute atomic E-state index is 0.248. The molecule has 3 aromatic rings. The van der Waals surface area contributed by atoms with Crippen molar-refractivity contribution in [1.29, 1.82) is 0 Å². The van der Waals surface area contributed by atoms with E-state index in [0.29, 0.717) is 11.4 Å². The normalized spacial score (nSPS) is 11.6. The molecule has 0 aliphatic heterocycles. The highest BCUT2D eigenvalue weighted by Gasteiger charge is 2.15. The number of carbonyl (C=O) groups excluding carboxylic acids is 1. The average molecular weight is 351 g/mol. The molecule has 1 amide bonds. The average Bonchev–Trinajstić information content (AvgIpc) is 2.67. The minimum atomic E-state index is -0.757. The van der Waals surface area contributed by atoms with E-state index in [-0.39, 0.29) is 12.5 Å². The number of halogens is 1. The van der Waals surface area contributed by atoms with Crippen LogP contribution in [0.1, 0.15) is 12.6 Å². The third-order valence-corrected chi connectivity index (χ3v) is 3.72. The molecule has 132 valence electrons. The van der Waals surface area contributed by atoms with Gasteiger partial charge in [0.2, 0.25) is 0 Å². The van der Waals surface area contributed by atoms with Gasteiger partial charge < -0.3 is 10.1 Å². The Labute approximate surface area is 150 Å². The van der Waals surface area contributed by atoms with Crippen molar-refractivity contribution >= 4 is 5.91 Å². The number of hydrogen-bond acceptors (Lipinski definition) is 4. The molecule has 0 aliphatic rings. The Morgan fingerprint density at radius 1 is 1.12 bits per heavy atom. The van der Waals surface area contributed by atoms with Crippen molar-refractivity contribution in [1.82, 2.24) is 15.3 Å². The zero-order valence-corrected chi connectivity index (χ0v) is 14.2. The third kappa shape index (κ3) is 4.63. The summed E-state index contributed by atoms with van der Waals surface area (Å²) in [7, 11) is 0. The van der Waals surface area contributed by atoms with Crippen LogP contribution in [-0.2, 0) is 11.3 Å². The molecule has 0 spiro atoms. The van der Waals surface area contributed by atoms with Crippen molar-refractivity contribution in [3.8, 4) is 17.0 Å². The SMILES string of the molecule is CC(Oc1cccc(F)c1)C(=O)NCc1cc(-c2ccccc2)ncn1. The molecule has 1 unspecified atom stereocenters. The summed E-state index contributed by atoms with van der Waals surface area (Å²) in [5, 5.41) is 2.76. The summed E-state index contributed by atoms with van der Waals surface area (Å²) in [4.78, 5) is 20.6. The van der Waals surface area contributed by atoms with Crippen LogP contribution in [0.4, 0.5) is 4.39 Å². The molecule has 2 aromatic carbocycles. The molecular formula is C20H18FN3O2. The highest BCUT2D eigenvalue weighted by molar-refractivity contribution is 5.80. The molecule has 0 aliphatic carbocycles. The van der Waals surface area contributed by atoms with Crippen molar-refractivity contribution in [2.45, 2.75) is 19.6 Å². The summed E-state index contributed by atoms with van der Waals surface area (Å²) in [5.41, 5.74) is 2.45. The monoisotopic (exact) mass is 351 g/mol. The largest absolute Gasteiger partial charge is 0.481 e. The van der Waals surface area contributed by atoms with Gasteiger partial charge in [0.15, 0.2) is 6.10 Å². The number of nitrogens with zero attached hydrogens (tertiary/aromatic N) is 2. The Bertz CT molecular complexity index is 887. The quantitative estimate of drug-likeness (QED) is 0.740. The lowest BCUT2D eigenvalue weighted by molar-refractivity contribution is -0.127. The van der Waals surface area contributed by atoms with E-state index in [9.17, 15) is 9.18 Å². The fourth-order valence-corrected chi connectivity index (χ4v) is 2.38. The van der Waals surface area contributed by atoms with E-state index in [1.54, 1.807) is 13.0 Å². The van der Waals surface area contributed by atoms with Crippen LogP contribution in [-0.4, -0.2) is 22.0 Å². The van der Waals surface area contributed by atoms with Crippen molar-refractivity contribution in [2.75, 3.05) is 0 Å². The van der Waals surface area contributed by atoms with Crippen LogP contribution >= 0.6 is 0 Å². The fourth-order valence-electron chi connectivity index (χ4n) is 2.38. The molecule has 0 fully saturated rings. The number of carbonyl (C=O) groups is 1. The Hall–Kier alpha value is -3.28. The molecule has 1 N–H and O–H groups in total. The van der Waals surface area contributed by atoms with Gasteiger partial charge in [0, 0.05) is 11.6 Å². The minimum Gasteiger partial charge on any atom is -0.481 e. The Kier molecular flexibility index (Phi) is 5.53. The highest BCUT2D eigenvalue weighted by Crippen LogP contribution is 2.16. The van der Waals surface area contributed by atoms with E-state index >= 15 is 0 Å². The van der Waals surface area contributed by atoms with Crippen molar-refractivity contribution in [3.63, 3.8) is 0 Å². The summed E-state index contributed by atoms with van der Waals surface area (Å²) in [6, 6.07) is 17.2. The second kappa shape index (κ2) is 8.20. The van der Waals surface area contributed by atoms with Gasteiger partial charge in [-0.05, 0) is 25.1 Å². The third-order valence-electron chi connectivity index (χ3n) is 3.72. The summed E-state index contributed by atoms with van der Waals surface area (Å²) >= 11 is 0. The number of aromatic nitrogens is 2. The molecule has 3 rings (SSSR count). The fraction of sp³-hybridized carbons (Fsp3) is 0.150. The zero-order valence-electron chi connectivity index (χ0n) is 14.2. The number of nitrogens with one attached hydrogen (secondary N) is 1. The first-order chi connectivity index (χ1) is 12.6. The first-order valence-corrected chi connectivity index (χ1v) is 8.18. The molecule has 1 aromatic heterocycles. The second-order valence-electron chi connectivity index (χ2n) is 5.70. The molecular weight excluding hydrogens is 333 g/mol. The molecule has 26 heavy (non-hydrogen) atoms. The summed E-state index contributed by atoms with van der Waals surface area (Å²) in [6.45, 7) is 1.85. The van der Waals surface area contributed by atoms with Crippen LogP contribution in [0, 0.1) is 5.82 Å². The zero-order chi connectivity index (χ0) is 18.4. The highest BCUT2D eigenvalue weighted by atomic mass is 19.1. The van der Waals surface area contributed by atoms with Gasteiger partial charge in [-0.3, -0.25) is 4.79 Å². The van der Waals surface area contributed by atoms with Crippen LogP contribution in [0.3, 0.4) is 0 Å². The maximum absolute atomic E-state index is 13.2. The molecule has 5 nitrogen and oxygen atoms in total. The van der Waals surface area contributed by atoms with E-state index in [1.807, 2.05) is 36.4 Å². The Morgan fingerprint density at radius 2 is 1.92 bits per heavy atom. The molecule has 0 bridgehead atoms. The lowest BCUT2D eigenvalue weighted by atomic mass is 10.1. The van der Waals surface area contributed by atoms with Gasteiger partial charge in [0.05, 0.1) is 17.9 Å². The van der Waals surface area contributed by atoms with E-state index in [4.69, 9.17) is 4.74 Å². The van der Waals surface area contributed by atoms with Crippen LogP contribution in [0.2, 0.25) is 0 Å². The number of hydrogen-bond donors (Lipinski definition) is 1. The van der Waals surface area contributed by atoms with Crippen molar-refractivity contribution in [3.05, 3.63) is 78.5 Å². The molecule has 0 saturated carbocycles. The van der Waals surface area contributed by atoms with Gasteiger partial charge in [0.1, 0.15) is 17.9 Å². The number of benzene rings is 2.